The highest BCUT2D eigenvalue weighted by Crippen LogP contribution is 2.16. The van der Waals surface area contributed by atoms with Gasteiger partial charge in [0, 0.05) is 31.4 Å². The van der Waals surface area contributed by atoms with Crippen LogP contribution in [0.4, 0.5) is 0 Å². The fourth-order valence-corrected chi connectivity index (χ4v) is 2.42. The molecule has 5 heteroatoms. The summed E-state index contributed by atoms with van der Waals surface area (Å²) >= 11 is 0. The number of likely N-dealkylation sites (tertiary alicyclic amines) is 1. The molecule has 0 bridgehead atoms. The van der Waals surface area contributed by atoms with E-state index in [2.05, 4.69) is 15.0 Å². The molecule has 98 valence electrons. The average molecular weight is 248 g/mol. The number of nitrogens with zero attached hydrogens (tertiary/aromatic N) is 3. The number of piperidine rings is 1. The van der Waals surface area contributed by atoms with E-state index in [4.69, 9.17) is 10.9 Å². The van der Waals surface area contributed by atoms with E-state index in [0.29, 0.717) is 5.84 Å². The molecule has 1 aromatic rings. The number of hydrogen-bond donors (Lipinski definition) is 2. The van der Waals surface area contributed by atoms with Gasteiger partial charge in [0.15, 0.2) is 0 Å². The predicted molar refractivity (Wildman–Crippen MR) is 70.5 cm³/mol. The van der Waals surface area contributed by atoms with E-state index in [1.807, 2.05) is 24.5 Å². The molecule has 0 spiro atoms. The van der Waals surface area contributed by atoms with Gasteiger partial charge in [0.05, 0.1) is 0 Å². The van der Waals surface area contributed by atoms with E-state index >= 15 is 0 Å². The molecule has 0 radical (unpaired) electrons. The van der Waals surface area contributed by atoms with E-state index < -0.39 is 0 Å². The van der Waals surface area contributed by atoms with Gasteiger partial charge in [0.1, 0.15) is 5.84 Å². The first kappa shape index (κ1) is 12.8. The molecule has 1 unspecified atom stereocenters. The van der Waals surface area contributed by atoms with Crippen LogP contribution in [0.2, 0.25) is 0 Å². The van der Waals surface area contributed by atoms with Crippen molar-refractivity contribution in [3.63, 3.8) is 0 Å². The molecule has 1 aliphatic heterocycles. The monoisotopic (exact) mass is 248 g/mol. The second-order valence-corrected chi connectivity index (χ2v) is 4.77. The summed E-state index contributed by atoms with van der Waals surface area (Å²) < 4.78 is 0. The van der Waals surface area contributed by atoms with Crippen LogP contribution >= 0.6 is 0 Å². The van der Waals surface area contributed by atoms with Crippen molar-refractivity contribution in [2.45, 2.75) is 19.3 Å². The number of oxime groups is 1. The molecule has 1 aromatic heterocycles. The smallest absolute Gasteiger partial charge is 0.143 e. The van der Waals surface area contributed by atoms with Crippen LogP contribution in [0.1, 0.15) is 18.4 Å². The number of pyridine rings is 1. The molecule has 1 saturated heterocycles. The van der Waals surface area contributed by atoms with Gasteiger partial charge in [-0.25, -0.2) is 0 Å². The molecule has 1 aliphatic rings. The van der Waals surface area contributed by atoms with Gasteiger partial charge < -0.3 is 15.8 Å². The minimum absolute atomic E-state index is 0.196. The predicted octanol–water partition coefficient (Wildman–Crippen LogP) is 1.08. The molecular formula is C13H20N4O. The van der Waals surface area contributed by atoms with Gasteiger partial charge in [0.25, 0.3) is 0 Å². The Morgan fingerprint density at radius 3 is 3.00 bits per heavy atom. The Morgan fingerprint density at radius 1 is 1.50 bits per heavy atom. The highest BCUT2D eigenvalue weighted by molar-refractivity contribution is 5.82. The van der Waals surface area contributed by atoms with E-state index in [1.165, 1.54) is 5.56 Å². The zero-order valence-corrected chi connectivity index (χ0v) is 10.5. The standard InChI is InChI=1S/C13H20N4O/c14-13(16-18)12-2-1-8-17(10-12)9-5-11-3-6-15-7-4-11/h3-4,6-7,12,18H,1-2,5,8-10H2,(H2,14,16). The Kier molecular flexibility index (Phi) is 4.52. The van der Waals surface area contributed by atoms with Crippen LogP contribution in [-0.2, 0) is 6.42 Å². The Bertz CT molecular complexity index is 393. The van der Waals surface area contributed by atoms with E-state index in [9.17, 15) is 0 Å². The van der Waals surface area contributed by atoms with Crippen molar-refractivity contribution >= 4 is 5.84 Å². The summed E-state index contributed by atoms with van der Waals surface area (Å²) in [6, 6.07) is 4.09. The molecule has 3 N–H and O–H groups in total. The van der Waals surface area contributed by atoms with Crippen molar-refractivity contribution < 1.29 is 5.21 Å². The third-order valence-electron chi connectivity index (χ3n) is 3.51. The molecule has 0 saturated carbocycles. The lowest BCUT2D eigenvalue weighted by atomic mass is 9.97. The maximum absolute atomic E-state index is 8.72. The summed E-state index contributed by atoms with van der Waals surface area (Å²) in [5.41, 5.74) is 6.98. The van der Waals surface area contributed by atoms with Crippen molar-refractivity contribution in [2.75, 3.05) is 19.6 Å². The Labute approximate surface area is 107 Å². The summed E-state index contributed by atoms with van der Waals surface area (Å²) in [6.45, 7) is 3.00. The number of aromatic nitrogens is 1. The van der Waals surface area contributed by atoms with E-state index in [0.717, 1.165) is 38.9 Å². The second-order valence-electron chi connectivity index (χ2n) is 4.77. The normalized spacial score (nSPS) is 22.0. The number of hydrogen-bond acceptors (Lipinski definition) is 4. The van der Waals surface area contributed by atoms with Crippen LogP contribution in [0.25, 0.3) is 0 Å². The molecule has 0 aliphatic carbocycles. The summed E-state index contributed by atoms with van der Waals surface area (Å²) in [7, 11) is 0. The minimum atomic E-state index is 0.196. The first-order chi connectivity index (χ1) is 8.79. The maximum Gasteiger partial charge on any atom is 0.143 e. The lowest BCUT2D eigenvalue weighted by molar-refractivity contribution is 0.202. The molecule has 2 heterocycles. The lowest BCUT2D eigenvalue weighted by Crippen LogP contribution is -2.42. The van der Waals surface area contributed by atoms with Gasteiger partial charge >= 0.3 is 0 Å². The first-order valence-corrected chi connectivity index (χ1v) is 6.38. The largest absolute Gasteiger partial charge is 0.409 e. The van der Waals surface area contributed by atoms with Gasteiger partial charge in [-0.15, -0.1) is 0 Å². The molecule has 2 rings (SSSR count). The summed E-state index contributed by atoms with van der Waals surface area (Å²) in [5.74, 6) is 0.560. The number of rotatable bonds is 4. The minimum Gasteiger partial charge on any atom is -0.409 e. The van der Waals surface area contributed by atoms with E-state index in [1.54, 1.807) is 0 Å². The molecule has 0 aromatic carbocycles. The molecule has 0 amide bonds. The van der Waals surface area contributed by atoms with Crippen LogP contribution in [0.3, 0.4) is 0 Å². The van der Waals surface area contributed by atoms with Crippen LogP contribution in [0, 0.1) is 5.92 Å². The molecule has 1 fully saturated rings. The maximum atomic E-state index is 8.72. The SMILES string of the molecule is NC(=NO)C1CCCN(CCc2ccncc2)C1. The average Bonchev–Trinajstić information content (AvgIpc) is 2.45. The Morgan fingerprint density at radius 2 is 2.28 bits per heavy atom. The summed E-state index contributed by atoms with van der Waals surface area (Å²) in [6.07, 6.45) is 6.79. The van der Waals surface area contributed by atoms with Crippen LogP contribution in [0.15, 0.2) is 29.7 Å². The molecule has 5 nitrogen and oxygen atoms in total. The fourth-order valence-electron chi connectivity index (χ4n) is 2.42. The second kappa shape index (κ2) is 6.35. The quantitative estimate of drug-likeness (QED) is 0.362. The van der Waals surface area contributed by atoms with Crippen molar-refractivity contribution in [1.82, 2.24) is 9.88 Å². The van der Waals surface area contributed by atoms with Gasteiger partial charge in [-0.1, -0.05) is 5.16 Å². The van der Waals surface area contributed by atoms with Crippen molar-refractivity contribution in [1.29, 1.82) is 0 Å². The zero-order valence-electron chi connectivity index (χ0n) is 10.5. The molecule has 18 heavy (non-hydrogen) atoms. The van der Waals surface area contributed by atoms with Crippen molar-refractivity contribution in [2.24, 2.45) is 16.8 Å². The van der Waals surface area contributed by atoms with Crippen LogP contribution in [-0.4, -0.2) is 40.6 Å². The first-order valence-electron chi connectivity index (χ1n) is 6.38. The van der Waals surface area contributed by atoms with Gasteiger partial charge in [0.2, 0.25) is 0 Å². The third-order valence-corrected chi connectivity index (χ3v) is 3.51. The third kappa shape index (κ3) is 3.43. The van der Waals surface area contributed by atoms with Crippen molar-refractivity contribution in [3.05, 3.63) is 30.1 Å². The Balaban J connectivity index is 1.83. The highest BCUT2D eigenvalue weighted by Gasteiger charge is 2.22. The molecular weight excluding hydrogens is 228 g/mol. The lowest BCUT2D eigenvalue weighted by Gasteiger charge is -2.31. The zero-order chi connectivity index (χ0) is 12.8. The van der Waals surface area contributed by atoms with E-state index in [-0.39, 0.29) is 5.92 Å². The summed E-state index contributed by atoms with van der Waals surface area (Å²) in [5, 5.41) is 11.8. The van der Waals surface area contributed by atoms with Crippen LogP contribution < -0.4 is 5.73 Å². The topological polar surface area (TPSA) is 74.7 Å². The number of nitrogens with two attached hydrogens (primary N) is 1. The van der Waals surface area contributed by atoms with Crippen LogP contribution in [0.5, 0.6) is 0 Å². The fraction of sp³-hybridized carbons (Fsp3) is 0.538. The Hall–Kier alpha value is -1.62. The van der Waals surface area contributed by atoms with Gasteiger partial charge in [-0.3, -0.25) is 4.98 Å². The summed E-state index contributed by atoms with van der Waals surface area (Å²) in [4.78, 5) is 6.39. The highest BCUT2D eigenvalue weighted by atomic mass is 16.4. The molecule has 1 atom stereocenters. The van der Waals surface area contributed by atoms with Gasteiger partial charge in [-0.05, 0) is 43.5 Å². The number of amidine groups is 1. The van der Waals surface area contributed by atoms with Gasteiger partial charge in [-0.2, -0.15) is 0 Å². The van der Waals surface area contributed by atoms with Crippen molar-refractivity contribution in [3.8, 4) is 0 Å².